The Morgan fingerprint density at radius 3 is 2.38 bits per heavy atom. The molecule has 2 aliphatic rings. The van der Waals surface area contributed by atoms with E-state index in [1.165, 1.54) is 9.80 Å². The molecule has 3 rings (SSSR count). The molecule has 7 nitrogen and oxygen atoms in total. The van der Waals surface area contributed by atoms with E-state index >= 15 is 0 Å². The fourth-order valence-corrected chi connectivity index (χ4v) is 3.14. The van der Waals surface area contributed by atoms with Gasteiger partial charge in [0.1, 0.15) is 5.60 Å². The van der Waals surface area contributed by atoms with Crippen LogP contribution >= 0.6 is 0 Å². The van der Waals surface area contributed by atoms with Gasteiger partial charge in [0.05, 0.1) is 12.2 Å². The van der Waals surface area contributed by atoms with Crippen molar-refractivity contribution < 1.29 is 27.5 Å². The monoisotopic (exact) mass is 374 g/mol. The zero-order valence-electron chi connectivity index (χ0n) is 14.9. The van der Waals surface area contributed by atoms with E-state index in [9.17, 15) is 22.8 Å². The summed E-state index contributed by atoms with van der Waals surface area (Å²) in [4.78, 5) is 30.7. The van der Waals surface area contributed by atoms with Crippen molar-refractivity contribution in [3.8, 4) is 0 Å². The second kappa shape index (κ2) is 6.17. The van der Waals surface area contributed by atoms with Gasteiger partial charge in [-0.2, -0.15) is 13.2 Å². The average Bonchev–Trinajstić information content (AvgIpc) is 3.07. The van der Waals surface area contributed by atoms with Gasteiger partial charge < -0.3 is 14.2 Å². The van der Waals surface area contributed by atoms with Crippen LogP contribution < -0.4 is 4.90 Å². The van der Waals surface area contributed by atoms with E-state index in [0.29, 0.717) is 13.0 Å². The Morgan fingerprint density at radius 2 is 1.85 bits per heavy atom. The molecule has 1 aromatic rings. The third kappa shape index (κ3) is 3.49. The molecule has 26 heavy (non-hydrogen) atoms. The largest absolute Gasteiger partial charge is 0.449 e. The molecule has 0 aliphatic carbocycles. The summed E-state index contributed by atoms with van der Waals surface area (Å²) in [5.41, 5.74) is -0.496. The van der Waals surface area contributed by atoms with Crippen LogP contribution in [0.5, 0.6) is 0 Å². The van der Waals surface area contributed by atoms with E-state index in [1.807, 2.05) is 0 Å². The predicted molar refractivity (Wildman–Crippen MR) is 85.5 cm³/mol. The quantitative estimate of drug-likeness (QED) is 0.758. The highest BCUT2D eigenvalue weighted by molar-refractivity contribution is 5.95. The molecular formula is C16H21F3N4O3. The smallest absolute Gasteiger partial charge is 0.444 e. The van der Waals surface area contributed by atoms with Crippen LogP contribution in [0.4, 0.5) is 23.8 Å². The molecule has 144 valence electrons. The van der Waals surface area contributed by atoms with Gasteiger partial charge in [0.15, 0.2) is 5.82 Å². The number of carbonyl (C=O) groups excluding carboxylic acids is 2. The van der Waals surface area contributed by atoms with Crippen molar-refractivity contribution in [1.82, 2.24) is 14.5 Å². The summed E-state index contributed by atoms with van der Waals surface area (Å²) >= 11 is 0. The maximum absolute atomic E-state index is 13.4. The molecule has 0 saturated carbocycles. The van der Waals surface area contributed by atoms with E-state index in [1.54, 1.807) is 20.8 Å². The van der Waals surface area contributed by atoms with Crippen LogP contribution in [0.3, 0.4) is 0 Å². The summed E-state index contributed by atoms with van der Waals surface area (Å²) in [7, 11) is 0. The van der Waals surface area contributed by atoms with E-state index < -0.39 is 23.7 Å². The van der Waals surface area contributed by atoms with Crippen molar-refractivity contribution in [1.29, 1.82) is 0 Å². The molecule has 2 amide bonds. The molecule has 3 heterocycles. The Bertz CT molecular complexity index is 736. The van der Waals surface area contributed by atoms with Gasteiger partial charge in [0.25, 0.3) is 0 Å². The number of halogens is 3. The molecule has 0 N–H and O–H groups in total. The molecule has 0 radical (unpaired) electrons. The minimum atomic E-state index is -4.64. The standard InChI is InChI=1S/C16H21F3N4O3/c1-15(2,3)26-14(25)21-7-8-22-10(9-21)12(20-13(22)16(17,18)19)23-6-4-5-11(23)24/h4-9H2,1-3H3. The number of anilines is 1. The van der Waals surface area contributed by atoms with Crippen molar-refractivity contribution in [2.45, 2.75) is 58.5 Å². The van der Waals surface area contributed by atoms with Gasteiger partial charge in [-0.05, 0) is 27.2 Å². The highest BCUT2D eigenvalue weighted by atomic mass is 19.4. The third-order valence-electron chi connectivity index (χ3n) is 4.22. The van der Waals surface area contributed by atoms with E-state index in [2.05, 4.69) is 4.98 Å². The summed E-state index contributed by atoms with van der Waals surface area (Å²) < 4.78 is 46.4. The Morgan fingerprint density at radius 1 is 1.15 bits per heavy atom. The first-order valence-corrected chi connectivity index (χ1v) is 8.42. The van der Waals surface area contributed by atoms with Crippen LogP contribution in [0.2, 0.25) is 0 Å². The van der Waals surface area contributed by atoms with Crippen LogP contribution in [-0.2, 0) is 28.8 Å². The second-order valence-electron chi connectivity index (χ2n) is 7.41. The highest BCUT2D eigenvalue weighted by Gasteiger charge is 2.43. The number of carbonyl (C=O) groups is 2. The Kier molecular flexibility index (Phi) is 4.40. The van der Waals surface area contributed by atoms with E-state index in [0.717, 1.165) is 4.57 Å². The maximum atomic E-state index is 13.4. The summed E-state index contributed by atoms with van der Waals surface area (Å²) in [5, 5.41) is 0. The number of ether oxygens (including phenoxy) is 1. The van der Waals surface area contributed by atoms with Crippen LogP contribution in [0.25, 0.3) is 0 Å². The number of hydrogen-bond acceptors (Lipinski definition) is 4. The number of rotatable bonds is 1. The molecule has 1 saturated heterocycles. The fraction of sp³-hybridized carbons (Fsp3) is 0.688. The van der Waals surface area contributed by atoms with Gasteiger partial charge in [-0.3, -0.25) is 9.69 Å². The maximum Gasteiger partial charge on any atom is 0.449 e. The number of alkyl halides is 3. The summed E-state index contributed by atoms with van der Waals surface area (Å²) in [6.07, 6.45) is -4.38. The van der Waals surface area contributed by atoms with Gasteiger partial charge >= 0.3 is 12.3 Å². The zero-order chi connectivity index (χ0) is 19.3. The lowest BCUT2D eigenvalue weighted by Gasteiger charge is -2.32. The minimum Gasteiger partial charge on any atom is -0.444 e. The Hall–Kier alpha value is -2.26. The fourth-order valence-electron chi connectivity index (χ4n) is 3.14. The van der Waals surface area contributed by atoms with Gasteiger partial charge in [-0.1, -0.05) is 0 Å². The van der Waals surface area contributed by atoms with Crippen LogP contribution in [0.15, 0.2) is 0 Å². The lowest BCUT2D eigenvalue weighted by molar-refractivity contribution is -0.147. The number of aromatic nitrogens is 2. The summed E-state index contributed by atoms with van der Waals surface area (Å²) in [6, 6.07) is 0. The van der Waals surface area contributed by atoms with Crippen molar-refractivity contribution in [3.05, 3.63) is 11.5 Å². The van der Waals surface area contributed by atoms with Crippen molar-refractivity contribution in [2.75, 3.05) is 18.0 Å². The number of amides is 2. The van der Waals surface area contributed by atoms with Gasteiger partial charge in [-0.15, -0.1) is 0 Å². The summed E-state index contributed by atoms with van der Waals surface area (Å²) in [6.45, 7) is 5.41. The average molecular weight is 374 g/mol. The molecule has 0 bridgehead atoms. The molecule has 1 aromatic heterocycles. The molecule has 0 unspecified atom stereocenters. The number of hydrogen-bond donors (Lipinski definition) is 0. The Labute approximate surface area is 148 Å². The predicted octanol–water partition coefficient (Wildman–Crippen LogP) is 2.78. The van der Waals surface area contributed by atoms with Crippen LogP contribution in [-0.4, -0.2) is 45.1 Å². The first-order valence-electron chi connectivity index (χ1n) is 8.42. The number of fused-ring (bicyclic) bond motifs is 1. The SMILES string of the molecule is CC(C)(C)OC(=O)N1CCn2c(C(F)(F)F)nc(N3CCCC3=O)c2C1. The van der Waals surface area contributed by atoms with Crippen molar-refractivity contribution in [3.63, 3.8) is 0 Å². The first-order chi connectivity index (χ1) is 12.0. The van der Waals surface area contributed by atoms with E-state index in [-0.39, 0.29) is 43.5 Å². The van der Waals surface area contributed by atoms with E-state index in [4.69, 9.17) is 4.74 Å². The highest BCUT2D eigenvalue weighted by Crippen LogP contribution is 2.36. The lowest BCUT2D eigenvalue weighted by Crippen LogP contribution is -2.42. The third-order valence-corrected chi connectivity index (χ3v) is 4.22. The topological polar surface area (TPSA) is 67.7 Å². The minimum absolute atomic E-state index is 0.00640. The van der Waals surface area contributed by atoms with Crippen LogP contribution in [0.1, 0.15) is 45.1 Å². The molecular weight excluding hydrogens is 353 g/mol. The molecule has 2 aliphatic heterocycles. The molecule has 1 fully saturated rings. The molecule has 0 aromatic carbocycles. The number of nitrogens with zero attached hydrogens (tertiary/aromatic N) is 4. The summed E-state index contributed by atoms with van der Waals surface area (Å²) in [5.74, 6) is -1.30. The molecule has 10 heteroatoms. The number of imidazole rings is 1. The zero-order valence-corrected chi connectivity index (χ0v) is 14.9. The second-order valence-corrected chi connectivity index (χ2v) is 7.41. The van der Waals surface area contributed by atoms with Crippen LogP contribution in [0, 0.1) is 0 Å². The molecule has 0 spiro atoms. The molecule has 0 atom stereocenters. The van der Waals surface area contributed by atoms with Gasteiger partial charge in [-0.25, -0.2) is 9.78 Å². The first kappa shape index (κ1) is 18.5. The van der Waals surface area contributed by atoms with Gasteiger partial charge in [0.2, 0.25) is 11.7 Å². The lowest BCUT2D eigenvalue weighted by atomic mass is 10.2. The normalized spacial score (nSPS) is 18.3. The van der Waals surface area contributed by atoms with Gasteiger partial charge in [0, 0.05) is 26.1 Å². The van der Waals surface area contributed by atoms with Crippen molar-refractivity contribution in [2.24, 2.45) is 0 Å². The van der Waals surface area contributed by atoms with Crippen molar-refractivity contribution >= 4 is 17.8 Å². The Balaban J connectivity index is 1.96.